The summed E-state index contributed by atoms with van der Waals surface area (Å²) in [6, 6.07) is 19.5. The van der Waals surface area contributed by atoms with Crippen LogP contribution in [0.5, 0.6) is 0 Å². The molecule has 0 bridgehead atoms. The lowest BCUT2D eigenvalue weighted by atomic mass is 10.1. The van der Waals surface area contributed by atoms with Crippen molar-refractivity contribution in [1.29, 1.82) is 0 Å². The van der Waals surface area contributed by atoms with E-state index in [2.05, 4.69) is 20.6 Å². The fraction of sp³-hybridized carbons (Fsp3) is 0.0588. The van der Waals surface area contributed by atoms with E-state index in [-0.39, 0.29) is 5.56 Å². The molecule has 0 fully saturated rings. The Morgan fingerprint density at radius 1 is 0.957 bits per heavy atom. The van der Waals surface area contributed by atoms with Crippen molar-refractivity contribution in [3.8, 4) is 22.6 Å². The quantitative estimate of drug-likeness (QED) is 0.629. The van der Waals surface area contributed by atoms with Gasteiger partial charge in [0.25, 0.3) is 5.56 Å². The number of aromatic amines is 1. The van der Waals surface area contributed by atoms with E-state index in [1.165, 1.54) is 0 Å². The summed E-state index contributed by atoms with van der Waals surface area (Å²) in [5, 5.41) is 13.8. The van der Waals surface area contributed by atoms with Crippen LogP contribution in [0.25, 0.3) is 22.6 Å². The van der Waals surface area contributed by atoms with Gasteiger partial charge in [-0.1, -0.05) is 54.6 Å². The van der Waals surface area contributed by atoms with Crippen LogP contribution in [0, 0.1) is 0 Å². The Morgan fingerprint density at radius 3 is 2.43 bits per heavy atom. The Kier molecular flexibility index (Phi) is 3.20. The van der Waals surface area contributed by atoms with E-state index in [9.17, 15) is 4.79 Å². The molecule has 112 valence electrons. The van der Waals surface area contributed by atoms with E-state index in [1.807, 2.05) is 60.7 Å². The molecule has 1 aliphatic heterocycles. The van der Waals surface area contributed by atoms with Crippen molar-refractivity contribution in [3.05, 3.63) is 76.6 Å². The zero-order chi connectivity index (χ0) is 15.6. The molecule has 0 saturated heterocycles. The molecule has 2 heterocycles. The van der Waals surface area contributed by atoms with Gasteiger partial charge in [0.15, 0.2) is 5.82 Å². The highest BCUT2D eigenvalue weighted by Crippen LogP contribution is 2.29. The maximum atomic E-state index is 12.9. The van der Waals surface area contributed by atoms with Gasteiger partial charge in [-0.05, 0) is 22.1 Å². The third-order valence-electron chi connectivity index (χ3n) is 3.80. The fourth-order valence-electron chi connectivity index (χ4n) is 2.76. The van der Waals surface area contributed by atoms with Gasteiger partial charge in [-0.15, -0.1) is 5.10 Å². The number of fused-ring (bicyclic) bond motifs is 1. The highest BCUT2D eigenvalue weighted by atomic mass is 16.1. The lowest BCUT2D eigenvalue weighted by molar-refractivity contribution is 0.787. The van der Waals surface area contributed by atoms with Crippen LogP contribution in [0.2, 0.25) is 0 Å². The first kappa shape index (κ1) is 13.4. The second-order valence-electron chi connectivity index (χ2n) is 5.21. The van der Waals surface area contributed by atoms with Gasteiger partial charge in [-0.3, -0.25) is 4.79 Å². The molecule has 6 heteroatoms. The van der Waals surface area contributed by atoms with E-state index in [0.29, 0.717) is 17.9 Å². The number of hydrogen-bond donors (Lipinski definition) is 1. The van der Waals surface area contributed by atoms with Crippen LogP contribution >= 0.6 is 0 Å². The molecule has 1 aromatic heterocycles. The minimum atomic E-state index is -0.103. The molecule has 0 radical (unpaired) electrons. The molecule has 1 aliphatic carbocycles. The van der Waals surface area contributed by atoms with Crippen LogP contribution in [0.3, 0.4) is 0 Å². The zero-order valence-corrected chi connectivity index (χ0v) is 12.2. The lowest BCUT2D eigenvalue weighted by Gasteiger charge is -2.05. The average Bonchev–Trinajstić information content (AvgIpc) is 3.09. The summed E-state index contributed by atoms with van der Waals surface area (Å²) >= 11 is 0. The van der Waals surface area contributed by atoms with Gasteiger partial charge < -0.3 is 4.57 Å². The Labute approximate surface area is 131 Å². The summed E-state index contributed by atoms with van der Waals surface area (Å²) in [6.45, 7) is 0.502. The molecule has 1 N–H and O–H groups in total. The SMILES string of the molecule is O=c1c(-c2nnn[nH]2)c2cccccc-2n1Cc1ccccc1. The van der Waals surface area contributed by atoms with Crippen LogP contribution in [0.1, 0.15) is 5.56 Å². The van der Waals surface area contributed by atoms with Crippen LogP contribution in [0.15, 0.2) is 65.5 Å². The van der Waals surface area contributed by atoms with Gasteiger partial charge >= 0.3 is 0 Å². The largest absolute Gasteiger partial charge is 0.303 e. The molecule has 2 aromatic rings. The Balaban J connectivity index is 1.95. The van der Waals surface area contributed by atoms with Crippen molar-refractivity contribution in [1.82, 2.24) is 25.2 Å². The summed E-state index contributed by atoms with van der Waals surface area (Å²) in [6.07, 6.45) is 0. The van der Waals surface area contributed by atoms with Crippen molar-refractivity contribution >= 4 is 0 Å². The Morgan fingerprint density at radius 2 is 1.70 bits per heavy atom. The van der Waals surface area contributed by atoms with Crippen LogP contribution in [-0.4, -0.2) is 25.2 Å². The van der Waals surface area contributed by atoms with Gasteiger partial charge in [-0.2, -0.15) is 0 Å². The number of benzene rings is 1. The van der Waals surface area contributed by atoms with Crippen molar-refractivity contribution < 1.29 is 0 Å². The van der Waals surface area contributed by atoms with Gasteiger partial charge in [-0.25, -0.2) is 5.10 Å². The topological polar surface area (TPSA) is 76.5 Å². The first-order valence-electron chi connectivity index (χ1n) is 7.24. The van der Waals surface area contributed by atoms with E-state index in [4.69, 9.17) is 0 Å². The average molecular weight is 303 g/mol. The predicted molar refractivity (Wildman–Crippen MR) is 86.0 cm³/mol. The molecular formula is C17H13N5O. The molecule has 0 spiro atoms. The molecule has 0 amide bonds. The van der Waals surface area contributed by atoms with Crippen molar-refractivity contribution in [3.63, 3.8) is 0 Å². The first-order chi connectivity index (χ1) is 11.3. The maximum Gasteiger partial charge on any atom is 0.263 e. The molecule has 1 aromatic carbocycles. The maximum absolute atomic E-state index is 12.9. The minimum Gasteiger partial charge on any atom is -0.303 e. The van der Waals surface area contributed by atoms with Crippen LogP contribution in [0.4, 0.5) is 0 Å². The summed E-state index contributed by atoms with van der Waals surface area (Å²) in [7, 11) is 0. The van der Waals surface area contributed by atoms with Crippen molar-refractivity contribution in [2.45, 2.75) is 6.54 Å². The number of tetrazole rings is 1. The standard InChI is InChI=1S/C17H13N5O/c23-17-15(16-18-20-21-19-16)13-9-5-2-6-10-14(13)22(17)11-12-7-3-1-4-8-12/h1-10H,11H2,(H,18,19,20,21). The molecule has 0 saturated carbocycles. The molecule has 6 nitrogen and oxygen atoms in total. The lowest BCUT2D eigenvalue weighted by Crippen LogP contribution is -2.17. The van der Waals surface area contributed by atoms with Gasteiger partial charge in [0, 0.05) is 5.56 Å². The number of nitrogens with zero attached hydrogens (tertiary/aromatic N) is 4. The molecule has 2 aliphatic rings. The fourth-order valence-corrected chi connectivity index (χ4v) is 2.76. The van der Waals surface area contributed by atoms with Crippen molar-refractivity contribution in [2.24, 2.45) is 0 Å². The van der Waals surface area contributed by atoms with Gasteiger partial charge in [0.05, 0.1) is 17.8 Å². The second-order valence-corrected chi connectivity index (χ2v) is 5.21. The zero-order valence-electron chi connectivity index (χ0n) is 12.2. The summed E-state index contributed by atoms with van der Waals surface area (Å²) in [4.78, 5) is 12.9. The van der Waals surface area contributed by atoms with E-state index < -0.39 is 0 Å². The van der Waals surface area contributed by atoms with Crippen LogP contribution in [-0.2, 0) is 6.54 Å². The van der Waals surface area contributed by atoms with E-state index in [1.54, 1.807) is 4.57 Å². The number of hydrogen-bond acceptors (Lipinski definition) is 4. The predicted octanol–water partition coefficient (Wildman–Crippen LogP) is 2.18. The molecular weight excluding hydrogens is 290 g/mol. The van der Waals surface area contributed by atoms with Gasteiger partial charge in [0.1, 0.15) is 0 Å². The molecule has 0 unspecified atom stereocenters. The summed E-state index contributed by atoms with van der Waals surface area (Å²) in [5.41, 5.74) is 3.14. The third-order valence-corrected chi connectivity index (χ3v) is 3.80. The Hall–Kier alpha value is -3.28. The molecule has 23 heavy (non-hydrogen) atoms. The first-order valence-corrected chi connectivity index (χ1v) is 7.24. The smallest absolute Gasteiger partial charge is 0.263 e. The highest BCUT2D eigenvalue weighted by Gasteiger charge is 2.23. The summed E-state index contributed by atoms with van der Waals surface area (Å²) < 4.78 is 1.75. The molecule has 4 rings (SSSR count). The third kappa shape index (κ3) is 2.30. The molecule has 0 atom stereocenters. The number of nitrogens with one attached hydrogen (secondary N) is 1. The number of aromatic nitrogens is 5. The normalized spacial score (nSPS) is 11.0. The number of H-pyrrole nitrogens is 1. The van der Waals surface area contributed by atoms with Crippen LogP contribution < -0.4 is 5.56 Å². The summed E-state index contributed by atoms with van der Waals surface area (Å²) in [5.74, 6) is 0.387. The minimum absolute atomic E-state index is 0.103. The van der Waals surface area contributed by atoms with Crippen molar-refractivity contribution in [2.75, 3.05) is 0 Å². The van der Waals surface area contributed by atoms with E-state index in [0.717, 1.165) is 16.8 Å². The Bertz CT molecular complexity index is 960. The number of rotatable bonds is 3. The monoisotopic (exact) mass is 303 g/mol. The highest BCUT2D eigenvalue weighted by molar-refractivity contribution is 5.80. The van der Waals surface area contributed by atoms with Gasteiger partial charge in [0.2, 0.25) is 0 Å². The van der Waals surface area contributed by atoms with E-state index >= 15 is 0 Å². The second kappa shape index (κ2) is 5.49.